The van der Waals surface area contributed by atoms with Crippen molar-refractivity contribution in [2.45, 2.75) is 45.3 Å². The Morgan fingerprint density at radius 3 is 2.60 bits per heavy atom. The van der Waals surface area contributed by atoms with Crippen molar-refractivity contribution in [2.24, 2.45) is 7.05 Å². The molecular weight excluding hydrogens is 322 g/mol. The first-order chi connectivity index (χ1) is 11.6. The summed E-state index contributed by atoms with van der Waals surface area (Å²) in [6.45, 7) is 6.53. The molecule has 2 rings (SSSR count). The molecule has 0 unspecified atom stereocenters. The number of amides is 2. The normalized spacial score (nSPS) is 18.0. The van der Waals surface area contributed by atoms with Crippen LogP contribution in [0.25, 0.3) is 0 Å². The Morgan fingerprint density at radius 2 is 2.00 bits per heavy atom. The van der Waals surface area contributed by atoms with Gasteiger partial charge in [0.1, 0.15) is 5.60 Å². The van der Waals surface area contributed by atoms with Crippen LogP contribution in [0.15, 0.2) is 23.1 Å². The highest BCUT2D eigenvalue weighted by Crippen LogP contribution is 2.19. The summed E-state index contributed by atoms with van der Waals surface area (Å²) in [5.74, 6) is -0.181. The van der Waals surface area contributed by atoms with Crippen molar-refractivity contribution in [1.82, 2.24) is 14.4 Å². The lowest BCUT2D eigenvalue weighted by atomic mass is 10.0. The fourth-order valence-corrected chi connectivity index (χ4v) is 2.80. The molecule has 0 spiro atoms. The highest BCUT2D eigenvalue weighted by Gasteiger charge is 2.31. The smallest absolute Gasteiger partial charge is 0.410 e. The maximum absolute atomic E-state index is 12.7. The molecule has 0 saturated carbocycles. The molecule has 1 aromatic heterocycles. The molecule has 1 atom stereocenters. The van der Waals surface area contributed by atoms with Gasteiger partial charge in [-0.15, -0.1) is 0 Å². The third kappa shape index (κ3) is 4.84. The third-order valence-corrected chi connectivity index (χ3v) is 4.26. The quantitative estimate of drug-likeness (QED) is 0.817. The second-order valence-corrected chi connectivity index (χ2v) is 7.50. The third-order valence-electron chi connectivity index (χ3n) is 4.26. The number of likely N-dealkylation sites (N-methyl/N-ethyl adjacent to an activating group) is 1. The predicted molar refractivity (Wildman–Crippen MR) is 94.6 cm³/mol. The highest BCUT2D eigenvalue weighted by atomic mass is 16.6. The summed E-state index contributed by atoms with van der Waals surface area (Å²) in [4.78, 5) is 39.9. The summed E-state index contributed by atoms with van der Waals surface area (Å²) in [7, 11) is 3.34. The highest BCUT2D eigenvalue weighted by molar-refractivity contribution is 5.94. The number of rotatable bonds is 2. The number of aromatic nitrogens is 1. The second-order valence-electron chi connectivity index (χ2n) is 7.50. The first kappa shape index (κ1) is 19.0. The van der Waals surface area contributed by atoms with Crippen LogP contribution in [0, 0.1) is 0 Å². The molecule has 2 amide bonds. The van der Waals surface area contributed by atoms with E-state index in [0.717, 1.165) is 12.8 Å². The van der Waals surface area contributed by atoms with Crippen molar-refractivity contribution in [3.8, 4) is 0 Å². The standard InChI is InChI=1S/C18H27N3O4/c1-18(2,3)25-17(24)20(5)14-7-6-9-21(12-14)16(23)13-8-10-19(4)15(22)11-13/h8,10-11,14H,6-7,9,12H2,1-5H3/t14-/m0/s1. The van der Waals surface area contributed by atoms with Crippen LogP contribution in [-0.4, -0.2) is 58.1 Å². The van der Waals surface area contributed by atoms with Crippen molar-refractivity contribution in [3.05, 3.63) is 34.2 Å². The van der Waals surface area contributed by atoms with E-state index in [1.807, 2.05) is 20.8 Å². The van der Waals surface area contributed by atoms with Crippen molar-refractivity contribution >= 4 is 12.0 Å². The first-order valence-electron chi connectivity index (χ1n) is 8.50. The molecule has 138 valence electrons. The van der Waals surface area contributed by atoms with E-state index in [9.17, 15) is 14.4 Å². The number of nitrogens with zero attached hydrogens (tertiary/aromatic N) is 3. The van der Waals surface area contributed by atoms with Crippen molar-refractivity contribution in [1.29, 1.82) is 0 Å². The Hall–Kier alpha value is -2.31. The maximum atomic E-state index is 12.7. The van der Waals surface area contributed by atoms with E-state index in [1.54, 1.807) is 36.2 Å². The van der Waals surface area contributed by atoms with Crippen LogP contribution in [0.2, 0.25) is 0 Å². The van der Waals surface area contributed by atoms with E-state index >= 15 is 0 Å². The predicted octanol–water partition coefficient (Wildman–Crippen LogP) is 1.86. The molecule has 0 N–H and O–H groups in total. The van der Waals surface area contributed by atoms with Gasteiger partial charge in [0.15, 0.2) is 0 Å². The molecule has 0 aliphatic carbocycles. The summed E-state index contributed by atoms with van der Waals surface area (Å²) in [5.41, 5.74) is -0.395. The average Bonchev–Trinajstić information content (AvgIpc) is 2.54. The molecule has 1 aromatic rings. The van der Waals surface area contributed by atoms with Gasteiger partial charge >= 0.3 is 6.09 Å². The fraction of sp³-hybridized carbons (Fsp3) is 0.611. The van der Waals surface area contributed by atoms with Crippen LogP contribution < -0.4 is 5.56 Å². The van der Waals surface area contributed by atoms with Gasteiger partial charge in [-0.25, -0.2) is 4.79 Å². The Kier molecular flexibility index (Phi) is 5.55. The molecule has 0 aromatic carbocycles. The van der Waals surface area contributed by atoms with Crippen LogP contribution in [-0.2, 0) is 11.8 Å². The summed E-state index contributed by atoms with van der Waals surface area (Å²) in [5, 5.41) is 0. The number of ether oxygens (including phenoxy) is 1. The van der Waals surface area contributed by atoms with Gasteiger partial charge in [-0.05, 0) is 39.7 Å². The van der Waals surface area contributed by atoms with Crippen molar-refractivity contribution < 1.29 is 14.3 Å². The molecule has 1 saturated heterocycles. The van der Waals surface area contributed by atoms with Gasteiger partial charge in [-0.2, -0.15) is 0 Å². The monoisotopic (exact) mass is 349 g/mol. The van der Waals surface area contributed by atoms with Gasteiger partial charge in [-0.1, -0.05) is 0 Å². The van der Waals surface area contributed by atoms with Crippen molar-refractivity contribution in [2.75, 3.05) is 20.1 Å². The van der Waals surface area contributed by atoms with E-state index in [0.29, 0.717) is 18.7 Å². The SMILES string of the molecule is CN(C(=O)OC(C)(C)C)[C@H]1CCCN(C(=O)c2ccn(C)c(=O)c2)C1. The second kappa shape index (κ2) is 7.29. The maximum Gasteiger partial charge on any atom is 0.410 e. The Labute approximate surface area is 148 Å². The zero-order valence-corrected chi connectivity index (χ0v) is 15.6. The van der Waals surface area contributed by atoms with Gasteiger partial charge in [0.05, 0.1) is 6.04 Å². The molecule has 0 radical (unpaired) electrons. The van der Waals surface area contributed by atoms with E-state index < -0.39 is 5.60 Å². The number of carbonyl (C=O) groups excluding carboxylic acids is 2. The minimum Gasteiger partial charge on any atom is -0.444 e. The topological polar surface area (TPSA) is 71.8 Å². The van der Waals surface area contributed by atoms with Gasteiger partial charge in [0.2, 0.25) is 0 Å². The Morgan fingerprint density at radius 1 is 1.32 bits per heavy atom. The van der Waals surface area contributed by atoms with Crippen LogP contribution >= 0.6 is 0 Å². The van der Waals surface area contributed by atoms with E-state index in [1.165, 1.54) is 10.6 Å². The zero-order valence-electron chi connectivity index (χ0n) is 15.6. The van der Waals surface area contributed by atoms with Gasteiger partial charge < -0.3 is 19.1 Å². The number of pyridine rings is 1. The van der Waals surface area contributed by atoms with E-state index in [-0.39, 0.29) is 23.6 Å². The van der Waals surface area contributed by atoms with Crippen LogP contribution in [0.5, 0.6) is 0 Å². The largest absolute Gasteiger partial charge is 0.444 e. The van der Waals surface area contributed by atoms with Crippen molar-refractivity contribution in [3.63, 3.8) is 0 Å². The summed E-state index contributed by atoms with van der Waals surface area (Å²) in [6.07, 6.45) is 2.81. The molecule has 1 fully saturated rings. The number of carbonyl (C=O) groups is 2. The molecule has 1 aliphatic rings. The number of hydrogen-bond acceptors (Lipinski definition) is 4. The summed E-state index contributed by atoms with van der Waals surface area (Å²) < 4.78 is 6.82. The lowest BCUT2D eigenvalue weighted by molar-refractivity contribution is 0.0131. The average molecular weight is 349 g/mol. The molecule has 7 nitrogen and oxygen atoms in total. The summed E-state index contributed by atoms with van der Waals surface area (Å²) in [6, 6.07) is 2.90. The summed E-state index contributed by atoms with van der Waals surface area (Å²) >= 11 is 0. The number of hydrogen-bond donors (Lipinski definition) is 0. The van der Waals surface area contributed by atoms with Gasteiger partial charge in [-0.3, -0.25) is 9.59 Å². The minimum atomic E-state index is -0.556. The lowest BCUT2D eigenvalue weighted by Crippen LogP contribution is -2.51. The number of aryl methyl sites for hydroxylation is 1. The minimum absolute atomic E-state index is 0.0981. The number of piperidine rings is 1. The molecule has 25 heavy (non-hydrogen) atoms. The molecule has 0 bridgehead atoms. The zero-order chi connectivity index (χ0) is 18.8. The number of likely N-dealkylation sites (tertiary alicyclic amines) is 1. The van der Waals surface area contributed by atoms with Gasteiger partial charge in [0.25, 0.3) is 11.5 Å². The lowest BCUT2D eigenvalue weighted by Gasteiger charge is -2.38. The Balaban J connectivity index is 2.07. The van der Waals surface area contributed by atoms with Crippen LogP contribution in [0.3, 0.4) is 0 Å². The van der Waals surface area contributed by atoms with E-state index in [2.05, 4.69) is 0 Å². The molecular formula is C18H27N3O4. The molecule has 1 aliphatic heterocycles. The van der Waals surface area contributed by atoms with Crippen LogP contribution in [0.4, 0.5) is 4.79 Å². The Bertz CT molecular complexity index is 705. The van der Waals surface area contributed by atoms with Crippen LogP contribution in [0.1, 0.15) is 44.0 Å². The van der Waals surface area contributed by atoms with Gasteiger partial charge in [0, 0.05) is 45.0 Å². The molecule has 7 heteroatoms. The first-order valence-corrected chi connectivity index (χ1v) is 8.50. The fourth-order valence-electron chi connectivity index (χ4n) is 2.80. The van der Waals surface area contributed by atoms with E-state index in [4.69, 9.17) is 4.74 Å². The molecule has 2 heterocycles.